The summed E-state index contributed by atoms with van der Waals surface area (Å²) in [5, 5.41) is 11.6. The highest BCUT2D eigenvalue weighted by Gasteiger charge is 2.25. The molecule has 0 aromatic carbocycles. The second-order valence-electron chi connectivity index (χ2n) is 6.08. The van der Waals surface area contributed by atoms with Gasteiger partial charge < -0.3 is 16.0 Å². The van der Waals surface area contributed by atoms with Crippen LogP contribution in [0.4, 0.5) is 5.82 Å². The van der Waals surface area contributed by atoms with E-state index in [-0.39, 0.29) is 23.8 Å². The SMILES string of the molecule is CC(=O)NCCNc1cc(-c2nc(C3C=CC(C)NC3=O)cs2)ccn1. The lowest BCUT2D eigenvalue weighted by Gasteiger charge is -2.19. The first-order chi connectivity index (χ1) is 12.5. The van der Waals surface area contributed by atoms with Crippen molar-refractivity contribution >= 4 is 29.0 Å². The van der Waals surface area contributed by atoms with Crippen molar-refractivity contribution < 1.29 is 9.59 Å². The van der Waals surface area contributed by atoms with Gasteiger partial charge in [0.05, 0.1) is 11.6 Å². The lowest BCUT2D eigenvalue weighted by atomic mass is 10.00. The van der Waals surface area contributed by atoms with Crippen LogP contribution in [0.1, 0.15) is 25.5 Å². The maximum Gasteiger partial charge on any atom is 0.233 e. The van der Waals surface area contributed by atoms with Crippen LogP contribution >= 0.6 is 11.3 Å². The number of pyridine rings is 1. The van der Waals surface area contributed by atoms with Gasteiger partial charge in [-0.25, -0.2) is 9.97 Å². The van der Waals surface area contributed by atoms with Crippen LogP contribution in [0.25, 0.3) is 10.6 Å². The predicted molar refractivity (Wildman–Crippen MR) is 102 cm³/mol. The van der Waals surface area contributed by atoms with Crippen molar-refractivity contribution in [3.63, 3.8) is 0 Å². The topological polar surface area (TPSA) is 96.0 Å². The van der Waals surface area contributed by atoms with Gasteiger partial charge in [-0.2, -0.15) is 0 Å². The Balaban J connectivity index is 1.69. The van der Waals surface area contributed by atoms with Gasteiger partial charge in [0.2, 0.25) is 11.8 Å². The number of rotatable bonds is 6. The number of carbonyl (C=O) groups excluding carboxylic acids is 2. The summed E-state index contributed by atoms with van der Waals surface area (Å²) < 4.78 is 0. The van der Waals surface area contributed by atoms with Crippen molar-refractivity contribution in [2.45, 2.75) is 25.8 Å². The zero-order valence-corrected chi connectivity index (χ0v) is 15.5. The monoisotopic (exact) mass is 371 g/mol. The smallest absolute Gasteiger partial charge is 0.233 e. The first kappa shape index (κ1) is 18.1. The first-order valence-corrected chi connectivity index (χ1v) is 9.30. The molecule has 0 fully saturated rings. The zero-order valence-electron chi connectivity index (χ0n) is 14.7. The van der Waals surface area contributed by atoms with Gasteiger partial charge in [0.15, 0.2) is 0 Å². The van der Waals surface area contributed by atoms with E-state index in [2.05, 4.69) is 25.9 Å². The molecule has 0 spiro atoms. The Bertz CT molecular complexity index is 832. The van der Waals surface area contributed by atoms with Crippen LogP contribution < -0.4 is 16.0 Å². The van der Waals surface area contributed by atoms with Crippen molar-refractivity contribution in [1.29, 1.82) is 0 Å². The molecule has 0 radical (unpaired) electrons. The number of amides is 2. The van der Waals surface area contributed by atoms with E-state index in [1.807, 2.05) is 36.6 Å². The van der Waals surface area contributed by atoms with Crippen molar-refractivity contribution in [1.82, 2.24) is 20.6 Å². The van der Waals surface area contributed by atoms with Gasteiger partial charge in [0, 0.05) is 43.2 Å². The molecule has 2 amide bonds. The molecule has 3 heterocycles. The Morgan fingerprint density at radius 1 is 1.35 bits per heavy atom. The minimum absolute atomic E-state index is 0.0214. The fraction of sp³-hybridized carbons (Fsp3) is 0.333. The molecule has 8 heteroatoms. The molecule has 0 aliphatic carbocycles. The fourth-order valence-electron chi connectivity index (χ4n) is 2.61. The van der Waals surface area contributed by atoms with Crippen LogP contribution in [-0.4, -0.2) is 40.9 Å². The number of anilines is 1. The Morgan fingerprint density at radius 3 is 2.96 bits per heavy atom. The average molecular weight is 371 g/mol. The summed E-state index contributed by atoms with van der Waals surface area (Å²) in [7, 11) is 0. The highest BCUT2D eigenvalue weighted by molar-refractivity contribution is 7.13. The van der Waals surface area contributed by atoms with E-state index in [1.165, 1.54) is 18.3 Å². The van der Waals surface area contributed by atoms with Crippen LogP contribution in [0.15, 0.2) is 35.9 Å². The van der Waals surface area contributed by atoms with Crippen molar-refractivity contribution in [3.05, 3.63) is 41.6 Å². The van der Waals surface area contributed by atoms with Crippen molar-refractivity contribution in [2.24, 2.45) is 0 Å². The molecule has 3 N–H and O–H groups in total. The summed E-state index contributed by atoms with van der Waals surface area (Å²) >= 11 is 1.50. The highest BCUT2D eigenvalue weighted by Crippen LogP contribution is 2.29. The van der Waals surface area contributed by atoms with Gasteiger partial charge in [-0.3, -0.25) is 9.59 Å². The quantitative estimate of drug-likeness (QED) is 0.532. The molecule has 3 rings (SSSR count). The Kier molecular flexibility index (Phi) is 5.62. The maximum absolute atomic E-state index is 12.2. The molecule has 2 atom stereocenters. The lowest BCUT2D eigenvalue weighted by molar-refractivity contribution is -0.122. The molecular formula is C18H21N5O2S. The van der Waals surface area contributed by atoms with Gasteiger partial charge in [-0.15, -0.1) is 11.3 Å². The van der Waals surface area contributed by atoms with E-state index in [0.717, 1.165) is 16.3 Å². The first-order valence-electron chi connectivity index (χ1n) is 8.42. The standard InChI is InChI=1S/C18H21N5O2S/c1-11-3-4-14(17(25)22-11)15-10-26-18(23-15)13-5-6-20-16(9-13)21-8-7-19-12(2)24/h3-6,9-11,14H,7-8H2,1-2H3,(H,19,24)(H,20,21)(H,22,25). The summed E-state index contributed by atoms with van der Waals surface area (Å²) in [6.45, 7) is 4.55. The van der Waals surface area contributed by atoms with Crippen LogP contribution in [0, 0.1) is 0 Å². The predicted octanol–water partition coefficient (Wildman–Crippen LogP) is 1.91. The van der Waals surface area contributed by atoms with Gasteiger partial charge in [0.1, 0.15) is 10.8 Å². The molecule has 0 saturated carbocycles. The number of carbonyl (C=O) groups is 2. The molecule has 1 aliphatic heterocycles. The van der Waals surface area contributed by atoms with Crippen LogP contribution in [-0.2, 0) is 9.59 Å². The molecule has 2 unspecified atom stereocenters. The number of hydrogen-bond acceptors (Lipinski definition) is 6. The number of nitrogens with one attached hydrogen (secondary N) is 3. The van der Waals surface area contributed by atoms with E-state index in [0.29, 0.717) is 18.9 Å². The second kappa shape index (κ2) is 8.09. The van der Waals surface area contributed by atoms with Gasteiger partial charge in [-0.1, -0.05) is 12.2 Å². The summed E-state index contributed by atoms with van der Waals surface area (Å²) in [4.78, 5) is 31.9. The summed E-state index contributed by atoms with van der Waals surface area (Å²) in [5.74, 6) is 0.299. The minimum atomic E-state index is -0.340. The molecule has 0 saturated heterocycles. The van der Waals surface area contributed by atoms with Gasteiger partial charge >= 0.3 is 0 Å². The Morgan fingerprint density at radius 2 is 2.19 bits per heavy atom. The lowest BCUT2D eigenvalue weighted by Crippen LogP contribution is -2.38. The zero-order chi connectivity index (χ0) is 18.5. The molecule has 1 aliphatic rings. The molecule has 26 heavy (non-hydrogen) atoms. The highest BCUT2D eigenvalue weighted by atomic mass is 32.1. The second-order valence-corrected chi connectivity index (χ2v) is 6.93. The molecule has 2 aromatic heterocycles. The normalized spacial score (nSPS) is 19.1. The average Bonchev–Trinajstić information content (AvgIpc) is 3.09. The molecule has 2 aromatic rings. The van der Waals surface area contributed by atoms with E-state index in [9.17, 15) is 9.59 Å². The van der Waals surface area contributed by atoms with Crippen LogP contribution in [0.3, 0.4) is 0 Å². The third-order valence-corrected chi connectivity index (χ3v) is 4.81. The fourth-order valence-corrected chi connectivity index (χ4v) is 3.46. The third kappa shape index (κ3) is 4.45. The summed E-state index contributed by atoms with van der Waals surface area (Å²) in [6.07, 6.45) is 5.60. The third-order valence-electron chi connectivity index (χ3n) is 3.90. The number of nitrogens with zero attached hydrogens (tertiary/aromatic N) is 2. The van der Waals surface area contributed by atoms with E-state index < -0.39 is 0 Å². The summed E-state index contributed by atoms with van der Waals surface area (Å²) in [5.41, 5.74) is 1.69. The molecule has 136 valence electrons. The Labute approximate surface area is 155 Å². The summed E-state index contributed by atoms with van der Waals surface area (Å²) in [6, 6.07) is 3.86. The number of hydrogen-bond donors (Lipinski definition) is 3. The van der Waals surface area contributed by atoms with Crippen LogP contribution in [0.2, 0.25) is 0 Å². The van der Waals surface area contributed by atoms with Gasteiger partial charge in [0.25, 0.3) is 0 Å². The number of thiazole rings is 1. The molecular weight excluding hydrogens is 350 g/mol. The minimum Gasteiger partial charge on any atom is -0.368 e. The Hall–Kier alpha value is -2.74. The maximum atomic E-state index is 12.2. The molecule has 7 nitrogen and oxygen atoms in total. The van der Waals surface area contributed by atoms with Crippen molar-refractivity contribution in [2.75, 3.05) is 18.4 Å². The number of aromatic nitrogens is 2. The van der Waals surface area contributed by atoms with E-state index in [4.69, 9.17) is 0 Å². The largest absolute Gasteiger partial charge is 0.368 e. The van der Waals surface area contributed by atoms with Crippen molar-refractivity contribution in [3.8, 4) is 10.6 Å². The van der Waals surface area contributed by atoms with Gasteiger partial charge in [-0.05, 0) is 19.1 Å². The van der Waals surface area contributed by atoms with Crippen LogP contribution in [0.5, 0.6) is 0 Å². The van der Waals surface area contributed by atoms with E-state index in [1.54, 1.807) is 6.20 Å². The van der Waals surface area contributed by atoms with E-state index >= 15 is 0 Å². The molecule has 0 bridgehead atoms.